The Morgan fingerprint density at radius 3 is 2.11 bits per heavy atom. The first-order chi connectivity index (χ1) is 8.84. The van der Waals surface area contributed by atoms with Crippen LogP contribution in [0.5, 0.6) is 0 Å². The van der Waals surface area contributed by atoms with Crippen molar-refractivity contribution in [1.29, 1.82) is 0 Å². The summed E-state index contributed by atoms with van der Waals surface area (Å²) >= 11 is 6.41. The Hall–Kier alpha value is -0.670. The van der Waals surface area contributed by atoms with E-state index in [-0.39, 0.29) is 12.0 Å². The van der Waals surface area contributed by atoms with E-state index in [9.17, 15) is 8.78 Å². The van der Waals surface area contributed by atoms with Gasteiger partial charge in [0.05, 0.1) is 5.38 Å². The molecule has 0 saturated heterocycles. The summed E-state index contributed by atoms with van der Waals surface area (Å²) in [5, 5.41) is -0.198. The zero-order valence-corrected chi connectivity index (χ0v) is 12.7. The summed E-state index contributed by atoms with van der Waals surface area (Å²) in [6.07, 6.45) is -1.88. The largest absolute Gasteiger partial charge is 0.375 e. The summed E-state index contributed by atoms with van der Waals surface area (Å²) in [5.74, 6) is 0. The van der Waals surface area contributed by atoms with Crippen molar-refractivity contribution in [1.82, 2.24) is 0 Å². The van der Waals surface area contributed by atoms with Crippen LogP contribution in [0.2, 0.25) is 0 Å². The Bertz CT molecular complexity index is 406. The standard InChI is InChI=1S/C15H21ClF2O/c1-9-7-10(2)12(4)15(11(9)3)13(16)5-6-19-8-14(17)18/h7,13-14H,5-6,8H2,1-4H3. The van der Waals surface area contributed by atoms with E-state index in [4.69, 9.17) is 16.3 Å². The maximum absolute atomic E-state index is 12.0. The van der Waals surface area contributed by atoms with E-state index < -0.39 is 13.0 Å². The number of rotatable bonds is 6. The normalized spacial score (nSPS) is 13.1. The molecule has 1 rings (SSSR count). The molecule has 0 spiro atoms. The van der Waals surface area contributed by atoms with Gasteiger partial charge in [0.2, 0.25) is 0 Å². The van der Waals surface area contributed by atoms with Crippen molar-refractivity contribution in [3.05, 3.63) is 33.9 Å². The first-order valence-corrected chi connectivity index (χ1v) is 6.85. The minimum absolute atomic E-state index is 0.198. The Labute approximate surface area is 118 Å². The zero-order chi connectivity index (χ0) is 14.6. The third kappa shape index (κ3) is 4.43. The van der Waals surface area contributed by atoms with Crippen molar-refractivity contribution in [2.75, 3.05) is 13.2 Å². The monoisotopic (exact) mass is 290 g/mol. The molecule has 0 amide bonds. The molecule has 0 aromatic heterocycles. The van der Waals surface area contributed by atoms with Gasteiger partial charge in [-0.05, 0) is 61.9 Å². The van der Waals surface area contributed by atoms with Gasteiger partial charge in [-0.25, -0.2) is 8.78 Å². The Kier molecular flexibility index (Phi) is 6.21. The van der Waals surface area contributed by atoms with E-state index >= 15 is 0 Å². The maximum Gasteiger partial charge on any atom is 0.261 e. The number of ether oxygens (including phenoxy) is 1. The molecular weight excluding hydrogens is 270 g/mol. The second-order valence-corrected chi connectivity index (χ2v) is 5.42. The van der Waals surface area contributed by atoms with Crippen LogP contribution in [0.25, 0.3) is 0 Å². The molecule has 0 radical (unpaired) electrons. The number of benzene rings is 1. The van der Waals surface area contributed by atoms with Crippen LogP contribution in [0.3, 0.4) is 0 Å². The summed E-state index contributed by atoms with van der Waals surface area (Å²) in [4.78, 5) is 0. The fourth-order valence-corrected chi connectivity index (χ4v) is 2.64. The van der Waals surface area contributed by atoms with Gasteiger partial charge in [0, 0.05) is 6.61 Å². The Morgan fingerprint density at radius 2 is 1.63 bits per heavy atom. The quantitative estimate of drug-likeness (QED) is 0.536. The van der Waals surface area contributed by atoms with Crippen molar-refractivity contribution in [3.63, 3.8) is 0 Å². The lowest BCUT2D eigenvalue weighted by Gasteiger charge is -2.19. The van der Waals surface area contributed by atoms with E-state index in [0.717, 1.165) is 5.56 Å². The zero-order valence-electron chi connectivity index (χ0n) is 11.9. The highest BCUT2D eigenvalue weighted by Gasteiger charge is 2.16. The first-order valence-electron chi connectivity index (χ1n) is 6.41. The Morgan fingerprint density at radius 1 is 1.11 bits per heavy atom. The molecule has 1 aromatic rings. The summed E-state index contributed by atoms with van der Waals surface area (Å²) in [7, 11) is 0. The summed E-state index contributed by atoms with van der Waals surface area (Å²) in [5.41, 5.74) is 5.88. The van der Waals surface area contributed by atoms with E-state index in [2.05, 4.69) is 19.9 Å². The number of hydrogen-bond donors (Lipinski definition) is 0. The summed E-state index contributed by atoms with van der Waals surface area (Å²) in [6.45, 7) is 7.95. The van der Waals surface area contributed by atoms with Gasteiger partial charge in [-0.1, -0.05) is 6.07 Å². The average Bonchev–Trinajstić information content (AvgIpc) is 2.32. The van der Waals surface area contributed by atoms with Crippen LogP contribution in [-0.2, 0) is 4.74 Å². The fourth-order valence-electron chi connectivity index (χ4n) is 2.22. The molecule has 1 atom stereocenters. The van der Waals surface area contributed by atoms with Crippen LogP contribution in [0.1, 0.15) is 39.6 Å². The van der Waals surface area contributed by atoms with Crippen molar-refractivity contribution in [2.45, 2.75) is 45.9 Å². The number of halogens is 3. The number of alkyl halides is 3. The lowest BCUT2D eigenvalue weighted by molar-refractivity contribution is 0.0165. The van der Waals surface area contributed by atoms with Crippen molar-refractivity contribution in [2.24, 2.45) is 0 Å². The van der Waals surface area contributed by atoms with Gasteiger partial charge in [-0.2, -0.15) is 0 Å². The summed E-state index contributed by atoms with van der Waals surface area (Å²) in [6, 6.07) is 2.14. The molecule has 108 valence electrons. The molecule has 1 aromatic carbocycles. The predicted octanol–water partition coefficient (Wildman–Crippen LogP) is 4.87. The third-order valence-corrected chi connectivity index (χ3v) is 3.93. The first kappa shape index (κ1) is 16.4. The maximum atomic E-state index is 12.0. The molecule has 19 heavy (non-hydrogen) atoms. The molecule has 0 aliphatic heterocycles. The SMILES string of the molecule is Cc1cc(C)c(C)c(C(Cl)CCOCC(F)F)c1C. The molecule has 4 heteroatoms. The predicted molar refractivity (Wildman–Crippen MR) is 75.4 cm³/mol. The molecule has 0 saturated carbocycles. The fraction of sp³-hybridized carbons (Fsp3) is 0.600. The average molecular weight is 291 g/mol. The van der Waals surface area contributed by atoms with Gasteiger partial charge in [0.15, 0.2) is 0 Å². The molecule has 0 heterocycles. The van der Waals surface area contributed by atoms with E-state index in [1.54, 1.807) is 0 Å². The molecule has 1 unspecified atom stereocenters. The van der Waals surface area contributed by atoms with Gasteiger partial charge >= 0.3 is 0 Å². The third-order valence-electron chi connectivity index (χ3n) is 3.50. The lowest BCUT2D eigenvalue weighted by Crippen LogP contribution is -2.09. The van der Waals surface area contributed by atoms with Gasteiger partial charge in [-0.15, -0.1) is 11.6 Å². The molecule has 0 aliphatic carbocycles. The highest BCUT2D eigenvalue weighted by Crippen LogP contribution is 2.33. The molecule has 0 fully saturated rings. The molecule has 1 nitrogen and oxygen atoms in total. The van der Waals surface area contributed by atoms with Crippen LogP contribution in [-0.4, -0.2) is 19.6 Å². The van der Waals surface area contributed by atoms with Crippen LogP contribution in [0, 0.1) is 27.7 Å². The topological polar surface area (TPSA) is 9.23 Å². The highest BCUT2D eigenvalue weighted by molar-refractivity contribution is 6.21. The summed E-state index contributed by atoms with van der Waals surface area (Å²) < 4.78 is 28.8. The lowest BCUT2D eigenvalue weighted by atomic mass is 9.91. The van der Waals surface area contributed by atoms with E-state index in [1.165, 1.54) is 22.3 Å². The Balaban J connectivity index is 2.74. The number of hydrogen-bond acceptors (Lipinski definition) is 1. The minimum Gasteiger partial charge on any atom is -0.375 e. The van der Waals surface area contributed by atoms with Crippen LogP contribution in [0.15, 0.2) is 6.07 Å². The molecule has 0 aliphatic rings. The van der Waals surface area contributed by atoms with Crippen molar-refractivity contribution < 1.29 is 13.5 Å². The minimum atomic E-state index is -2.42. The second kappa shape index (κ2) is 7.20. The van der Waals surface area contributed by atoms with Crippen molar-refractivity contribution >= 4 is 11.6 Å². The van der Waals surface area contributed by atoms with E-state index in [1.807, 2.05) is 13.8 Å². The highest BCUT2D eigenvalue weighted by atomic mass is 35.5. The second-order valence-electron chi connectivity index (χ2n) is 4.90. The smallest absolute Gasteiger partial charge is 0.261 e. The van der Waals surface area contributed by atoms with Gasteiger partial charge in [0.25, 0.3) is 6.43 Å². The molecular formula is C15H21ClF2O. The van der Waals surface area contributed by atoms with Crippen LogP contribution in [0.4, 0.5) is 8.78 Å². The van der Waals surface area contributed by atoms with Crippen molar-refractivity contribution in [3.8, 4) is 0 Å². The van der Waals surface area contributed by atoms with E-state index in [0.29, 0.717) is 6.42 Å². The van der Waals surface area contributed by atoms with Crippen LogP contribution < -0.4 is 0 Å². The molecule has 0 N–H and O–H groups in total. The number of aryl methyl sites for hydroxylation is 2. The van der Waals surface area contributed by atoms with Crippen LogP contribution >= 0.6 is 11.6 Å². The van der Waals surface area contributed by atoms with Gasteiger partial charge in [-0.3, -0.25) is 0 Å². The van der Waals surface area contributed by atoms with Gasteiger partial charge in [0.1, 0.15) is 6.61 Å². The van der Waals surface area contributed by atoms with Gasteiger partial charge < -0.3 is 4.74 Å². The molecule has 0 bridgehead atoms.